The summed E-state index contributed by atoms with van der Waals surface area (Å²) in [7, 11) is 1.58. The minimum absolute atomic E-state index is 0.0480. The molecule has 4 aromatic carbocycles. The number of rotatable bonds is 14. The molecule has 0 bridgehead atoms. The summed E-state index contributed by atoms with van der Waals surface area (Å²) in [5.74, 6) is 0.732. The monoisotopic (exact) mass is 609 g/mol. The molecule has 8 nitrogen and oxygen atoms in total. The van der Waals surface area contributed by atoms with Crippen molar-refractivity contribution in [2.75, 3.05) is 20.3 Å². The van der Waals surface area contributed by atoms with Crippen LogP contribution in [0, 0.1) is 5.82 Å². The topological polar surface area (TPSA) is 101 Å². The third-order valence-electron chi connectivity index (χ3n) is 7.40. The molecule has 0 spiro atoms. The van der Waals surface area contributed by atoms with Crippen molar-refractivity contribution in [1.82, 2.24) is 10.9 Å². The Hall–Kier alpha value is -4.99. The number of nitrogens with zero attached hydrogens (tertiary/aromatic N) is 1. The number of carbonyl (C=O) groups is 1. The molecule has 0 radical (unpaired) electrons. The van der Waals surface area contributed by atoms with Gasteiger partial charge in [-0.25, -0.2) is 14.8 Å². The van der Waals surface area contributed by atoms with E-state index in [9.17, 15) is 9.18 Å². The molecule has 4 aromatic rings. The highest BCUT2D eigenvalue weighted by atomic mass is 19.1. The molecule has 0 saturated carbocycles. The Balaban J connectivity index is 1.51. The number of amides is 1. The van der Waals surface area contributed by atoms with Crippen LogP contribution in [0.4, 0.5) is 4.39 Å². The number of ether oxygens (including phenoxy) is 3. The summed E-state index contributed by atoms with van der Waals surface area (Å²) in [4.78, 5) is 19.2. The molecular formula is C36H36FN3O5. The molecule has 2 atom stereocenters. The number of halogens is 1. The van der Waals surface area contributed by atoms with Crippen LogP contribution in [0.2, 0.25) is 0 Å². The van der Waals surface area contributed by atoms with Gasteiger partial charge in [0.15, 0.2) is 11.6 Å². The number of aliphatic hydroxyl groups excluding tert-OH is 1. The molecular weight excluding hydrogens is 573 g/mol. The van der Waals surface area contributed by atoms with Crippen molar-refractivity contribution < 1.29 is 28.5 Å². The number of aliphatic imine (C=N–C) groups is 1. The SMILES string of the molecule is COc1cccc([C@@H]2OC(c3ccc(OCCCO)cc3)=N[C@]2(C/C=C/c2ccccc2)C(=O)NNCc2ccccc2F)c1. The molecule has 1 amide bonds. The van der Waals surface area contributed by atoms with Crippen molar-refractivity contribution in [1.29, 1.82) is 0 Å². The summed E-state index contributed by atoms with van der Waals surface area (Å²) in [6, 6.07) is 30.8. The van der Waals surface area contributed by atoms with Crippen molar-refractivity contribution in [3.63, 3.8) is 0 Å². The zero-order valence-corrected chi connectivity index (χ0v) is 25.0. The van der Waals surface area contributed by atoms with Crippen molar-refractivity contribution in [2.24, 2.45) is 4.99 Å². The lowest BCUT2D eigenvalue weighted by atomic mass is 9.84. The van der Waals surface area contributed by atoms with Gasteiger partial charge in [-0.15, -0.1) is 0 Å². The van der Waals surface area contributed by atoms with Gasteiger partial charge >= 0.3 is 0 Å². The molecule has 0 aliphatic carbocycles. The molecule has 3 N–H and O–H groups in total. The number of carbonyl (C=O) groups excluding carboxylic acids is 1. The van der Waals surface area contributed by atoms with Crippen molar-refractivity contribution >= 4 is 17.9 Å². The molecule has 1 aliphatic heterocycles. The Morgan fingerprint density at radius 3 is 2.53 bits per heavy atom. The number of hydrazine groups is 1. The minimum Gasteiger partial charge on any atom is -0.497 e. The van der Waals surface area contributed by atoms with Gasteiger partial charge in [0, 0.05) is 37.1 Å². The summed E-state index contributed by atoms with van der Waals surface area (Å²) >= 11 is 0. The van der Waals surface area contributed by atoms with Crippen LogP contribution in [0.3, 0.4) is 0 Å². The van der Waals surface area contributed by atoms with Crippen molar-refractivity contribution in [2.45, 2.75) is 31.0 Å². The van der Waals surface area contributed by atoms with Gasteiger partial charge in [-0.3, -0.25) is 10.2 Å². The second kappa shape index (κ2) is 15.1. The van der Waals surface area contributed by atoms with E-state index in [1.807, 2.05) is 78.9 Å². The van der Waals surface area contributed by atoms with Gasteiger partial charge < -0.3 is 19.3 Å². The number of hydrogen-bond acceptors (Lipinski definition) is 7. The highest BCUT2D eigenvalue weighted by Crippen LogP contribution is 2.43. The van der Waals surface area contributed by atoms with Crippen LogP contribution in [-0.4, -0.2) is 42.8 Å². The van der Waals surface area contributed by atoms with E-state index in [0.717, 1.165) is 5.56 Å². The standard InChI is InChI=1S/C36H36FN3O5/c1-43-31-15-7-14-28(24-31)33-36(21-8-12-26-10-3-2-4-11-26,35(42)40-38-25-29-13-5-6-16-32(29)37)39-34(45-33)27-17-19-30(20-18-27)44-23-9-22-41/h2-8,10-20,24,33,38,41H,9,21-23,25H2,1H3,(H,40,42)/b12-8+/t33-,36-/m0/s1. The fourth-order valence-electron chi connectivity index (χ4n) is 5.03. The molecule has 0 aromatic heterocycles. The molecule has 0 fully saturated rings. The Morgan fingerprint density at radius 1 is 1.00 bits per heavy atom. The lowest BCUT2D eigenvalue weighted by molar-refractivity contribution is -0.129. The summed E-state index contributed by atoms with van der Waals surface area (Å²) in [6.45, 7) is 0.516. The predicted molar refractivity (Wildman–Crippen MR) is 171 cm³/mol. The number of nitrogens with one attached hydrogen (secondary N) is 2. The van der Waals surface area contributed by atoms with E-state index in [2.05, 4.69) is 10.9 Å². The van der Waals surface area contributed by atoms with Crippen LogP contribution in [0.5, 0.6) is 11.5 Å². The second-order valence-corrected chi connectivity index (χ2v) is 10.5. The van der Waals surface area contributed by atoms with E-state index < -0.39 is 17.6 Å². The first-order valence-electron chi connectivity index (χ1n) is 14.8. The maximum atomic E-state index is 14.3. The van der Waals surface area contributed by atoms with Crippen LogP contribution in [0.1, 0.15) is 41.2 Å². The largest absolute Gasteiger partial charge is 0.497 e. The second-order valence-electron chi connectivity index (χ2n) is 10.5. The molecule has 1 aliphatic rings. The molecule has 1 heterocycles. The average molecular weight is 610 g/mol. The van der Waals surface area contributed by atoms with Crippen LogP contribution in [0.15, 0.2) is 114 Å². The molecule has 45 heavy (non-hydrogen) atoms. The lowest BCUT2D eigenvalue weighted by Crippen LogP contribution is -2.52. The third kappa shape index (κ3) is 7.75. The fourth-order valence-corrected chi connectivity index (χ4v) is 5.03. The Bertz CT molecular complexity index is 1630. The van der Waals surface area contributed by atoms with Crippen molar-refractivity contribution in [3.8, 4) is 11.5 Å². The van der Waals surface area contributed by atoms with E-state index in [4.69, 9.17) is 24.3 Å². The van der Waals surface area contributed by atoms with E-state index in [1.54, 1.807) is 37.4 Å². The van der Waals surface area contributed by atoms with Crippen LogP contribution in [0.25, 0.3) is 6.08 Å². The van der Waals surface area contributed by atoms with Crippen LogP contribution in [-0.2, 0) is 16.1 Å². The molecule has 232 valence electrons. The van der Waals surface area contributed by atoms with Gasteiger partial charge in [0.1, 0.15) is 17.3 Å². The molecule has 5 rings (SSSR count). The van der Waals surface area contributed by atoms with Gasteiger partial charge in [-0.2, -0.15) is 0 Å². The summed E-state index contributed by atoms with van der Waals surface area (Å²) in [6.07, 6.45) is 3.75. The first-order chi connectivity index (χ1) is 22.0. The number of methoxy groups -OCH3 is 1. The highest BCUT2D eigenvalue weighted by molar-refractivity contribution is 6.01. The van der Waals surface area contributed by atoms with Crippen LogP contribution >= 0.6 is 0 Å². The van der Waals surface area contributed by atoms with Gasteiger partial charge in [0.05, 0.1) is 13.7 Å². The molecule has 9 heteroatoms. The van der Waals surface area contributed by atoms with Gasteiger partial charge in [-0.1, -0.05) is 72.8 Å². The number of hydrogen-bond donors (Lipinski definition) is 3. The summed E-state index contributed by atoms with van der Waals surface area (Å²) < 4.78 is 32.0. The molecule has 0 saturated heterocycles. The number of benzene rings is 4. The van der Waals surface area contributed by atoms with E-state index in [1.165, 1.54) is 6.07 Å². The third-order valence-corrected chi connectivity index (χ3v) is 7.40. The Morgan fingerprint density at radius 2 is 1.78 bits per heavy atom. The minimum atomic E-state index is -1.44. The average Bonchev–Trinajstić information content (AvgIpc) is 3.47. The zero-order chi connectivity index (χ0) is 31.5. The number of aliphatic hydroxyl groups is 1. The Kier molecular flexibility index (Phi) is 10.6. The van der Waals surface area contributed by atoms with Crippen molar-refractivity contribution in [3.05, 3.63) is 137 Å². The first-order valence-corrected chi connectivity index (χ1v) is 14.8. The normalized spacial score (nSPS) is 17.5. The first kappa shape index (κ1) is 31.4. The van der Waals surface area contributed by atoms with Gasteiger partial charge in [0.25, 0.3) is 5.91 Å². The summed E-state index contributed by atoms with van der Waals surface area (Å²) in [5, 5.41) is 9.05. The lowest BCUT2D eigenvalue weighted by Gasteiger charge is -2.30. The summed E-state index contributed by atoms with van der Waals surface area (Å²) in [5.41, 5.74) is 6.98. The predicted octanol–water partition coefficient (Wildman–Crippen LogP) is 5.78. The quantitative estimate of drug-likeness (QED) is 0.124. The van der Waals surface area contributed by atoms with Gasteiger partial charge in [0.2, 0.25) is 5.90 Å². The smallest absolute Gasteiger partial charge is 0.266 e. The van der Waals surface area contributed by atoms with E-state index in [0.29, 0.717) is 47.1 Å². The van der Waals surface area contributed by atoms with E-state index in [-0.39, 0.29) is 25.4 Å². The maximum absolute atomic E-state index is 14.3. The molecule has 0 unspecified atom stereocenters. The van der Waals surface area contributed by atoms with E-state index >= 15 is 0 Å². The maximum Gasteiger partial charge on any atom is 0.266 e. The van der Waals surface area contributed by atoms with Gasteiger partial charge in [-0.05, 0) is 53.6 Å². The van der Waals surface area contributed by atoms with Crippen LogP contribution < -0.4 is 20.3 Å². The highest BCUT2D eigenvalue weighted by Gasteiger charge is 2.52. The fraction of sp³-hybridized carbons (Fsp3) is 0.222. The zero-order valence-electron chi connectivity index (χ0n) is 25.0. The Labute approximate surface area is 262 Å².